The topological polar surface area (TPSA) is 110 Å². The zero-order valence-electron chi connectivity index (χ0n) is 17.5. The Hall–Kier alpha value is -0.500. The van der Waals surface area contributed by atoms with Gasteiger partial charge in [-0.15, -0.1) is 0 Å². The molecule has 5 atom stereocenters. The van der Waals surface area contributed by atoms with Crippen LogP contribution in [-0.2, 0) is 4.74 Å². The third-order valence-electron chi connectivity index (χ3n) is 4.91. The maximum atomic E-state index is 9.76. The van der Waals surface area contributed by atoms with Crippen molar-refractivity contribution in [3.63, 3.8) is 0 Å². The van der Waals surface area contributed by atoms with Crippen LogP contribution in [0.3, 0.4) is 0 Å². The summed E-state index contributed by atoms with van der Waals surface area (Å²) in [4.78, 5) is 0. The van der Waals surface area contributed by atoms with Crippen LogP contribution in [0.4, 0.5) is 0 Å². The molecule has 0 aliphatic heterocycles. The molecule has 0 radical (unpaired) electrons. The van der Waals surface area contributed by atoms with E-state index in [1.807, 2.05) is 6.08 Å². The van der Waals surface area contributed by atoms with Gasteiger partial charge in [-0.1, -0.05) is 58.1 Å². The first-order chi connectivity index (χ1) is 12.7. The summed E-state index contributed by atoms with van der Waals surface area (Å²) in [6, 6.07) is 0. The molecule has 0 saturated carbocycles. The third kappa shape index (κ3) is 13.3. The van der Waals surface area contributed by atoms with E-state index in [2.05, 4.69) is 27.7 Å². The molecule has 0 saturated heterocycles. The molecule has 6 heteroatoms. The highest BCUT2D eigenvalue weighted by Crippen LogP contribution is 2.19. The van der Waals surface area contributed by atoms with E-state index in [9.17, 15) is 20.4 Å². The van der Waals surface area contributed by atoms with Crippen molar-refractivity contribution < 1.29 is 30.3 Å². The van der Waals surface area contributed by atoms with E-state index in [1.165, 1.54) is 31.3 Å². The van der Waals surface area contributed by atoms with Crippen molar-refractivity contribution in [1.29, 1.82) is 0 Å². The van der Waals surface area contributed by atoms with Gasteiger partial charge in [0.05, 0.1) is 19.8 Å². The van der Waals surface area contributed by atoms with Gasteiger partial charge >= 0.3 is 0 Å². The van der Waals surface area contributed by atoms with Crippen LogP contribution >= 0.6 is 0 Å². The first-order valence-corrected chi connectivity index (χ1v) is 10.3. The number of rotatable bonds is 16. The van der Waals surface area contributed by atoms with Crippen molar-refractivity contribution in [1.82, 2.24) is 0 Å². The van der Waals surface area contributed by atoms with Crippen molar-refractivity contribution >= 4 is 0 Å². The molecule has 27 heavy (non-hydrogen) atoms. The molecule has 5 N–H and O–H groups in total. The summed E-state index contributed by atoms with van der Waals surface area (Å²) in [5, 5.41) is 47.0. The SMILES string of the molecule is C/C(=C\COC[C@@H](O)[C@@H](O)[C@H](O)[C@H](O)CO)CCCC(C)CCCC(C)C. The molecular formula is C21H42O6. The standard InChI is InChI=1S/C21H42O6/c1-15(2)7-5-8-16(3)9-6-10-17(4)11-12-27-14-19(24)21(26)20(25)18(23)13-22/h11,15-16,18-26H,5-10,12-14H2,1-4H3/b17-11+/t16?,18-,19-,20-,21-/m1/s1. The molecule has 0 aromatic rings. The number of hydrogen-bond acceptors (Lipinski definition) is 6. The number of aliphatic hydroxyl groups excluding tert-OH is 5. The normalized spacial score (nSPS) is 18.4. The van der Waals surface area contributed by atoms with Gasteiger partial charge in [0.15, 0.2) is 0 Å². The quantitative estimate of drug-likeness (QED) is 0.204. The fourth-order valence-electron chi connectivity index (χ4n) is 2.90. The highest BCUT2D eigenvalue weighted by Gasteiger charge is 2.29. The molecule has 0 spiro atoms. The summed E-state index contributed by atoms with van der Waals surface area (Å²) in [5.74, 6) is 1.54. The van der Waals surface area contributed by atoms with Gasteiger partial charge in [0.1, 0.15) is 24.4 Å². The van der Waals surface area contributed by atoms with Crippen LogP contribution in [0.5, 0.6) is 0 Å². The molecule has 0 heterocycles. The van der Waals surface area contributed by atoms with Gasteiger partial charge in [-0.2, -0.15) is 0 Å². The second-order valence-corrected chi connectivity index (χ2v) is 8.21. The third-order valence-corrected chi connectivity index (χ3v) is 4.91. The summed E-state index contributed by atoms with van der Waals surface area (Å²) >= 11 is 0. The maximum absolute atomic E-state index is 9.76. The van der Waals surface area contributed by atoms with Crippen molar-refractivity contribution in [3.8, 4) is 0 Å². The largest absolute Gasteiger partial charge is 0.394 e. The minimum absolute atomic E-state index is 0.160. The van der Waals surface area contributed by atoms with E-state index in [4.69, 9.17) is 9.84 Å². The Morgan fingerprint density at radius 2 is 1.48 bits per heavy atom. The van der Waals surface area contributed by atoms with Gasteiger partial charge in [0, 0.05) is 0 Å². The Morgan fingerprint density at radius 1 is 0.889 bits per heavy atom. The molecule has 0 rings (SSSR count). The monoisotopic (exact) mass is 390 g/mol. The first kappa shape index (κ1) is 26.5. The van der Waals surface area contributed by atoms with Gasteiger partial charge in [0.25, 0.3) is 0 Å². The predicted octanol–water partition coefficient (Wildman–Crippen LogP) is 2.02. The van der Waals surface area contributed by atoms with Gasteiger partial charge in [-0.05, 0) is 31.6 Å². The van der Waals surface area contributed by atoms with E-state index in [-0.39, 0.29) is 6.61 Å². The summed E-state index contributed by atoms with van der Waals surface area (Å²) in [7, 11) is 0. The minimum atomic E-state index is -1.62. The van der Waals surface area contributed by atoms with E-state index in [0.717, 1.165) is 24.7 Å². The lowest BCUT2D eigenvalue weighted by Crippen LogP contribution is -2.47. The molecule has 0 aromatic carbocycles. The lowest BCUT2D eigenvalue weighted by atomic mass is 9.94. The van der Waals surface area contributed by atoms with E-state index < -0.39 is 31.0 Å². The number of ether oxygens (including phenoxy) is 1. The van der Waals surface area contributed by atoms with Crippen LogP contribution in [0.1, 0.15) is 66.2 Å². The molecule has 1 unspecified atom stereocenters. The first-order valence-electron chi connectivity index (χ1n) is 10.3. The Balaban J connectivity index is 3.89. The van der Waals surface area contributed by atoms with Gasteiger partial charge in [-0.25, -0.2) is 0 Å². The maximum Gasteiger partial charge on any atom is 0.111 e. The van der Waals surface area contributed by atoms with Crippen LogP contribution in [0.25, 0.3) is 0 Å². The molecule has 162 valence electrons. The molecule has 0 bridgehead atoms. The lowest BCUT2D eigenvalue weighted by molar-refractivity contribution is -0.127. The van der Waals surface area contributed by atoms with Crippen LogP contribution in [0.2, 0.25) is 0 Å². The molecular weight excluding hydrogens is 348 g/mol. The molecule has 0 aliphatic carbocycles. The summed E-state index contributed by atoms with van der Waals surface area (Å²) < 4.78 is 5.31. The Morgan fingerprint density at radius 3 is 2.07 bits per heavy atom. The van der Waals surface area contributed by atoms with Crippen LogP contribution in [0, 0.1) is 11.8 Å². The molecule has 0 aliphatic rings. The number of hydrogen-bond donors (Lipinski definition) is 5. The number of aliphatic hydroxyl groups is 5. The fourth-order valence-corrected chi connectivity index (χ4v) is 2.90. The highest BCUT2D eigenvalue weighted by atomic mass is 16.5. The fraction of sp³-hybridized carbons (Fsp3) is 0.905. The average molecular weight is 391 g/mol. The van der Waals surface area contributed by atoms with Gasteiger partial charge in [-0.3, -0.25) is 0 Å². The van der Waals surface area contributed by atoms with Crippen LogP contribution in [-0.4, -0.2) is 69.8 Å². The summed E-state index contributed by atoms with van der Waals surface area (Å²) in [6.45, 7) is 8.37. The minimum Gasteiger partial charge on any atom is -0.394 e. The Bertz CT molecular complexity index is 385. The summed E-state index contributed by atoms with van der Waals surface area (Å²) in [5.41, 5.74) is 1.23. The second kappa shape index (κ2) is 15.4. The Kier molecular flexibility index (Phi) is 15.1. The molecule has 0 aromatic heterocycles. The van der Waals surface area contributed by atoms with Gasteiger partial charge in [0.2, 0.25) is 0 Å². The zero-order valence-corrected chi connectivity index (χ0v) is 17.5. The van der Waals surface area contributed by atoms with Crippen LogP contribution < -0.4 is 0 Å². The molecule has 0 amide bonds. The van der Waals surface area contributed by atoms with Gasteiger partial charge < -0.3 is 30.3 Å². The van der Waals surface area contributed by atoms with Crippen LogP contribution in [0.15, 0.2) is 11.6 Å². The predicted molar refractivity (Wildman–Crippen MR) is 107 cm³/mol. The van der Waals surface area contributed by atoms with Crippen molar-refractivity contribution in [2.45, 2.75) is 90.6 Å². The average Bonchev–Trinajstić information content (AvgIpc) is 2.62. The number of allylic oxidation sites excluding steroid dienone is 1. The lowest BCUT2D eigenvalue weighted by Gasteiger charge is -2.25. The Labute approximate surface area is 164 Å². The highest BCUT2D eigenvalue weighted by molar-refractivity contribution is 4.97. The van der Waals surface area contributed by atoms with E-state index in [1.54, 1.807) is 0 Å². The van der Waals surface area contributed by atoms with E-state index in [0.29, 0.717) is 6.61 Å². The van der Waals surface area contributed by atoms with Crippen molar-refractivity contribution in [2.75, 3.05) is 19.8 Å². The molecule has 6 nitrogen and oxygen atoms in total. The van der Waals surface area contributed by atoms with Crippen molar-refractivity contribution in [3.05, 3.63) is 11.6 Å². The van der Waals surface area contributed by atoms with Crippen molar-refractivity contribution in [2.24, 2.45) is 11.8 Å². The zero-order chi connectivity index (χ0) is 20.8. The molecule has 0 fully saturated rings. The second-order valence-electron chi connectivity index (χ2n) is 8.21. The van der Waals surface area contributed by atoms with E-state index >= 15 is 0 Å². The smallest absolute Gasteiger partial charge is 0.111 e. The summed E-state index contributed by atoms with van der Waals surface area (Å²) in [6.07, 6.45) is 3.23.